The molecule has 0 aromatic rings. The van der Waals surface area contributed by atoms with Crippen LogP contribution >= 0.6 is 0 Å². The highest BCUT2D eigenvalue weighted by Crippen LogP contribution is 2.23. The third kappa shape index (κ3) is 0.754. The first-order chi connectivity index (χ1) is 4.79. The number of hydrogen-bond donors (Lipinski definition) is 0. The van der Waals surface area contributed by atoms with Gasteiger partial charge in [-0.15, -0.1) is 0 Å². The minimum Gasteiger partial charge on any atom is -0.268 e. The number of piperazine rings is 3. The molecule has 4 heteroatoms. The van der Waals surface area contributed by atoms with Crippen LogP contribution in [0.2, 0.25) is 0 Å². The molecule has 58 valence electrons. The molecule has 2 atom stereocenters. The van der Waals surface area contributed by atoms with Crippen LogP contribution in [-0.4, -0.2) is 48.6 Å². The van der Waals surface area contributed by atoms with E-state index in [0.717, 1.165) is 0 Å². The molecule has 3 saturated heterocycles. The van der Waals surface area contributed by atoms with Crippen LogP contribution in [0, 0.1) is 0 Å². The van der Waals surface area contributed by atoms with Crippen molar-refractivity contribution < 1.29 is 8.78 Å². The van der Waals surface area contributed by atoms with E-state index < -0.39 is 12.6 Å². The fourth-order valence-electron chi connectivity index (χ4n) is 1.58. The highest BCUT2D eigenvalue weighted by Gasteiger charge is 2.40. The molecule has 0 aliphatic carbocycles. The van der Waals surface area contributed by atoms with E-state index in [0.29, 0.717) is 26.2 Å². The second-order valence-electron chi connectivity index (χ2n) is 2.82. The minimum absolute atomic E-state index is 0.682. The van der Waals surface area contributed by atoms with Crippen LogP contribution in [0.4, 0.5) is 8.78 Å². The van der Waals surface area contributed by atoms with Gasteiger partial charge in [0.05, 0.1) is 0 Å². The monoisotopic (exact) mass is 148 g/mol. The first-order valence-corrected chi connectivity index (χ1v) is 3.55. The van der Waals surface area contributed by atoms with Crippen molar-refractivity contribution in [2.24, 2.45) is 0 Å². The quantitative estimate of drug-likeness (QED) is 0.453. The molecular weight excluding hydrogens is 138 g/mol. The number of hydrogen-bond acceptors (Lipinski definition) is 2. The first-order valence-electron chi connectivity index (χ1n) is 3.55. The summed E-state index contributed by atoms with van der Waals surface area (Å²) in [6, 6.07) is 0. The molecule has 0 radical (unpaired) electrons. The molecule has 0 N–H and O–H groups in total. The Hall–Kier alpha value is -0.220. The number of halogens is 2. The van der Waals surface area contributed by atoms with Crippen molar-refractivity contribution >= 4 is 0 Å². The maximum Gasteiger partial charge on any atom is 0.198 e. The summed E-state index contributed by atoms with van der Waals surface area (Å²) in [5.41, 5.74) is 0. The zero-order valence-corrected chi connectivity index (χ0v) is 5.63. The van der Waals surface area contributed by atoms with Crippen LogP contribution in [0.25, 0.3) is 0 Å². The van der Waals surface area contributed by atoms with E-state index in [1.54, 1.807) is 9.80 Å². The summed E-state index contributed by atoms with van der Waals surface area (Å²) in [5, 5.41) is 0. The second-order valence-corrected chi connectivity index (χ2v) is 2.82. The van der Waals surface area contributed by atoms with E-state index in [1.165, 1.54) is 0 Å². The van der Waals surface area contributed by atoms with Crippen molar-refractivity contribution in [1.29, 1.82) is 0 Å². The van der Waals surface area contributed by atoms with E-state index >= 15 is 0 Å². The van der Waals surface area contributed by atoms with Crippen LogP contribution in [0.1, 0.15) is 0 Å². The van der Waals surface area contributed by atoms with Crippen LogP contribution in [-0.2, 0) is 0 Å². The van der Waals surface area contributed by atoms with Gasteiger partial charge in [-0.3, -0.25) is 9.80 Å². The molecule has 0 amide bonds. The summed E-state index contributed by atoms with van der Waals surface area (Å²) < 4.78 is 25.6. The smallest absolute Gasteiger partial charge is 0.198 e. The largest absolute Gasteiger partial charge is 0.268 e. The Balaban J connectivity index is 2.13. The van der Waals surface area contributed by atoms with Gasteiger partial charge in [-0.25, -0.2) is 8.78 Å². The molecule has 0 aromatic carbocycles. The summed E-state index contributed by atoms with van der Waals surface area (Å²) in [4.78, 5) is 3.12. The lowest BCUT2D eigenvalue weighted by Gasteiger charge is -2.46. The molecule has 2 unspecified atom stereocenters. The first kappa shape index (κ1) is 6.49. The van der Waals surface area contributed by atoms with E-state index in [2.05, 4.69) is 0 Å². The Labute approximate surface area is 58.4 Å². The van der Waals surface area contributed by atoms with Gasteiger partial charge in [-0.05, 0) is 0 Å². The SMILES string of the molecule is FC1C(F)N2CCN1CC2. The molecule has 3 heterocycles. The van der Waals surface area contributed by atoms with E-state index in [1.807, 2.05) is 0 Å². The Morgan fingerprint density at radius 1 is 0.800 bits per heavy atom. The molecule has 2 bridgehead atoms. The lowest BCUT2D eigenvalue weighted by atomic mass is 10.2. The van der Waals surface area contributed by atoms with Crippen LogP contribution < -0.4 is 0 Å². The normalized spacial score (nSPS) is 53.4. The predicted octanol–water partition coefficient (Wildman–Crippen LogP) is 0.209. The molecule has 2 nitrogen and oxygen atoms in total. The van der Waals surface area contributed by atoms with Gasteiger partial charge in [-0.1, -0.05) is 0 Å². The standard InChI is InChI=1S/C6H10F2N2/c7-5-6(8)10-2-1-9(5)3-4-10/h5-6H,1-4H2. The summed E-state index contributed by atoms with van der Waals surface area (Å²) in [6.07, 6.45) is -2.75. The Bertz CT molecular complexity index is 114. The maximum atomic E-state index is 12.8. The number of nitrogens with zero attached hydrogens (tertiary/aromatic N) is 2. The molecule has 3 fully saturated rings. The molecule has 10 heavy (non-hydrogen) atoms. The van der Waals surface area contributed by atoms with Crippen LogP contribution in [0.15, 0.2) is 0 Å². The van der Waals surface area contributed by atoms with Crippen LogP contribution in [0.5, 0.6) is 0 Å². The van der Waals surface area contributed by atoms with Crippen molar-refractivity contribution in [3.8, 4) is 0 Å². The fourth-order valence-corrected chi connectivity index (χ4v) is 1.58. The maximum absolute atomic E-state index is 12.8. The summed E-state index contributed by atoms with van der Waals surface area (Å²) >= 11 is 0. The average Bonchev–Trinajstić information content (AvgIpc) is 2.00. The second kappa shape index (κ2) is 2.13. The minimum atomic E-state index is -1.37. The zero-order valence-electron chi connectivity index (χ0n) is 5.63. The van der Waals surface area contributed by atoms with Crippen molar-refractivity contribution in [2.45, 2.75) is 12.6 Å². The van der Waals surface area contributed by atoms with Crippen LogP contribution in [0.3, 0.4) is 0 Å². The average molecular weight is 148 g/mol. The zero-order chi connectivity index (χ0) is 7.14. The number of fused-ring (bicyclic) bond motifs is 3. The third-order valence-electron chi connectivity index (χ3n) is 2.27. The Morgan fingerprint density at radius 2 is 1.10 bits per heavy atom. The van der Waals surface area contributed by atoms with Crippen molar-refractivity contribution in [1.82, 2.24) is 9.80 Å². The van der Waals surface area contributed by atoms with Gasteiger partial charge in [-0.2, -0.15) is 0 Å². The molecule has 3 rings (SSSR count). The summed E-state index contributed by atoms with van der Waals surface area (Å²) in [5.74, 6) is 0. The van der Waals surface area contributed by atoms with Crippen molar-refractivity contribution in [3.63, 3.8) is 0 Å². The van der Waals surface area contributed by atoms with Gasteiger partial charge < -0.3 is 0 Å². The predicted molar refractivity (Wildman–Crippen MR) is 32.9 cm³/mol. The molecule has 0 spiro atoms. The lowest BCUT2D eigenvalue weighted by molar-refractivity contribution is -0.143. The number of alkyl halides is 2. The summed E-state index contributed by atoms with van der Waals surface area (Å²) in [7, 11) is 0. The summed E-state index contributed by atoms with van der Waals surface area (Å²) in [6.45, 7) is 2.73. The topological polar surface area (TPSA) is 6.48 Å². The van der Waals surface area contributed by atoms with E-state index in [4.69, 9.17) is 0 Å². The highest BCUT2D eigenvalue weighted by atomic mass is 19.2. The third-order valence-corrected chi connectivity index (χ3v) is 2.27. The Kier molecular flexibility index (Phi) is 1.38. The van der Waals surface area contributed by atoms with Crippen molar-refractivity contribution in [3.05, 3.63) is 0 Å². The van der Waals surface area contributed by atoms with Gasteiger partial charge in [0, 0.05) is 26.2 Å². The van der Waals surface area contributed by atoms with Crippen molar-refractivity contribution in [2.75, 3.05) is 26.2 Å². The molecule has 3 aliphatic rings. The molecule has 0 saturated carbocycles. The van der Waals surface area contributed by atoms with Gasteiger partial charge in [0.1, 0.15) is 0 Å². The van der Waals surface area contributed by atoms with Gasteiger partial charge in [0.2, 0.25) is 0 Å². The lowest BCUT2D eigenvalue weighted by Crippen LogP contribution is -2.63. The molecule has 0 aromatic heterocycles. The Morgan fingerprint density at radius 3 is 1.30 bits per heavy atom. The fraction of sp³-hybridized carbons (Fsp3) is 1.00. The van der Waals surface area contributed by atoms with Gasteiger partial charge in [0.15, 0.2) is 12.6 Å². The molecule has 3 aliphatic heterocycles. The molecular formula is C6H10F2N2. The highest BCUT2D eigenvalue weighted by molar-refractivity contribution is 4.85. The van der Waals surface area contributed by atoms with E-state index in [-0.39, 0.29) is 0 Å². The van der Waals surface area contributed by atoms with Gasteiger partial charge >= 0.3 is 0 Å². The number of rotatable bonds is 0. The van der Waals surface area contributed by atoms with E-state index in [9.17, 15) is 8.78 Å². The van der Waals surface area contributed by atoms with Gasteiger partial charge in [0.25, 0.3) is 0 Å².